The lowest BCUT2D eigenvalue weighted by Crippen LogP contribution is -2.35. The molecular weight excluding hydrogens is 272 g/mol. The second-order valence-corrected chi connectivity index (χ2v) is 4.03. The van der Waals surface area contributed by atoms with E-state index < -0.39 is 23.6 Å². The third kappa shape index (κ3) is 4.93. The third-order valence-corrected chi connectivity index (χ3v) is 2.57. The van der Waals surface area contributed by atoms with Crippen LogP contribution in [0.4, 0.5) is 8.78 Å². The zero-order valence-corrected chi connectivity index (χ0v) is 11.2. The van der Waals surface area contributed by atoms with E-state index in [0.717, 1.165) is 12.1 Å². The van der Waals surface area contributed by atoms with Crippen LogP contribution >= 0.6 is 0 Å². The van der Waals surface area contributed by atoms with Gasteiger partial charge in [-0.15, -0.1) is 0 Å². The molecule has 0 aliphatic carbocycles. The Bertz CT molecular complexity index is 475. The van der Waals surface area contributed by atoms with Gasteiger partial charge < -0.3 is 9.47 Å². The number of hydrogen-bond donors (Lipinski definition) is 0. The quantitative estimate of drug-likeness (QED) is 0.734. The van der Waals surface area contributed by atoms with Gasteiger partial charge in [0.2, 0.25) is 0 Å². The molecule has 1 rings (SSSR count). The maximum atomic E-state index is 13.6. The SMILES string of the molecule is COC(=O)CN(CC(=O)OC)Cc1ccc(F)cc1F. The average molecular weight is 287 g/mol. The molecule has 0 radical (unpaired) electrons. The molecule has 5 nitrogen and oxygen atoms in total. The second-order valence-electron chi connectivity index (χ2n) is 4.03. The number of benzene rings is 1. The van der Waals surface area contributed by atoms with Crippen LogP contribution in [-0.2, 0) is 25.6 Å². The van der Waals surface area contributed by atoms with E-state index in [2.05, 4.69) is 9.47 Å². The fourth-order valence-electron chi connectivity index (χ4n) is 1.55. The molecule has 20 heavy (non-hydrogen) atoms. The van der Waals surface area contributed by atoms with E-state index in [-0.39, 0.29) is 25.2 Å². The average Bonchev–Trinajstić information content (AvgIpc) is 2.41. The Balaban J connectivity index is 2.81. The summed E-state index contributed by atoms with van der Waals surface area (Å²) in [5, 5.41) is 0. The van der Waals surface area contributed by atoms with E-state index in [1.54, 1.807) is 0 Å². The highest BCUT2D eigenvalue weighted by Gasteiger charge is 2.17. The van der Waals surface area contributed by atoms with Crippen molar-refractivity contribution in [2.45, 2.75) is 6.54 Å². The zero-order valence-electron chi connectivity index (χ0n) is 11.2. The van der Waals surface area contributed by atoms with Crippen LogP contribution in [0.5, 0.6) is 0 Å². The highest BCUT2D eigenvalue weighted by atomic mass is 19.1. The summed E-state index contributed by atoms with van der Waals surface area (Å²) in [6.07, 6.45) is 0. The molecule has 0 aliphatic rings. The molecular formula is C13H15F2NO4. The van der Waals surface area contributed by atoms with E-state index in [1.165, 1.54) is 25.2 Å². The summed E-state index contributed by atoms with van der Waals surface area (Å²) < 4.78 is 35.4. The van der Waals surface area contributed by atoms with Gasteiger partial charge >= 0.3 is 11.9 Å². The Labute approximate surface area is 115 Å². The van der Waals surface area contributed by atoms with E-state index in [1.807, 2.05) is 0 Å². The molecule has 0 saturated carbocycles. The normalized spacial score (nSPS) is 10.4. The number of methoxy groups -OCH3 is 2. The molecule has 0 amide bonds. The Hall–Kier alpha value is -2.02. The molecule has 0 fully saturated rings. The van der Waals surface area contributed by atoms with Crippen molar-refractivity contribution in [2.24, 2.45) is 0 Å². The molecule has 0 spiro atoms. The molecule has 110 valence electrons. The van der Waals surface area contributed by atoms with Gasteiger partial charge in [-0.2, -0.15) is 0 Å². The van der Waals surface area contributed by atoms with Gasteiger partial charge in [-0.3, -0.25) is 14.5 Å². The van der Waals surface area contributed by atoms with Gasteiger partial charge in [0, 0.05) is 18.2 Å². The first-order chi connectivity index (χ1) is 9.46. The van der Waals surface area contributed by atoms with Crippen molar-refractivity contribution in [3.05, 3.63) is 35.4 Å². The Morgan fingerprint density at radius 3 is 2.10 bits per heavy atom. The molecule has 0 aliphatic heterocycles. The van der Waals surface area contributed by atoms with Crippen LogP contribution in [0.2, 0.25) is 0 Å². The largest absolute Gasteiger partial charge is 0.468 e. The van der Waals surface area contributed by atoms with Crippen molar-refractivity contribution in [2.75, 3.05) is 27.3 Å². The Morgan fingerprint density at radius 1 is 1.10 bits per heavy atom. The fourth-order valence-corrected chi connectivity index (χ4v) is 1.55. The number of carbonyl (C=O) groups is 2. The van der Waals surface area contributed by atoms with Crippen LogP contribution in [0.25, 0.3) is 0 Å². The number of rotatable bonds is 6. The van der Waals surface area contributed by atoms with Crippen molar-refractivity contribution in [3.63, 3.8) is 0 Å². The van der Waals surface area contributed by atoms with Crippen molar-refractivity contribution in [1.82, 2.24) is 4.90 Å². The predicted molar refractivity (Wildman–Crippen MR) is 65.7 cm³/mol. The minimum Gasteiger partial charge on any atom is -0.468 e. The number of esters is 2. The van der Waals surface area contributed by atoms with Crippen LogP contribution in [0.3, 0.4) is 0 Å². The van der Waals surface area contributed by atoms with Gasteiger partial charge in [-0.05, 0) is 6.07 Å². The van der Waals surface area contributed by atoms with E-state index in [0.29, 0.717) is 0 Å². The van der Waals surface area contributed by atoms with Gasteiger partial charge in [0.05, 0.1) is 27.3 Å². The number of ether oxygens (including phenoxy) is 2. The third-order valence-electron chi connectivity index (χ3n) is 2.57. The Morgan fingerprint density at radius 2 is 1.65 bits per heavy atom. The van der Waals surface area contributed by atoms with Gasteiger partial charge in [-0.1, -0.05) is 6.07 Å². The van der Waals surface area contributed by atoms with Crippen molar-refractivity contribution in [1.29, 1.82) is 0 Å². The molecule has 1 aromatic carbocycles. The highest BCUT2D eigenvalue weighted by Crippen LogP contribution is 2.12. The first-order valence-electron chi connectivity index (χ1n) is 5.76. The minimum atomic E-state index is -0.746. The standard InChI is InChI=1S/C13H15F2NO4/c1-19-12(17)7-16(8-13(18)20-2)6-9-3-4-10(14)5-11(9)15/h3-5H,6-8H2,1-2H3. The maximum absolute atomic E-state index is 13.6. The smallest absolute Gasteiger partial charge is 0.319 e. The number of halogens is 2. The van der Waals surface area contributed by atoms with E-state index in [4.69, 9.17) is 0 Å². The molecule has 0 unspecified atom stereocenters. The number of nitrogens with zero attached hydrogens (tertiary/aromatic N) is 1. The molecule has 0 bridgehead atoms. The second kappa shape index (κ2) is 7.54. The van der Waals surface area contributed by atoms with Crippen LogP contribution in [-0.4, -0.2) is 44.1 Å². The summed E-state index contributed by atoms with van der Waals surface area (Å²) in [6.45, 7) is -0.457. The molecule has 1 aromatic rings. The van der Waals surface area contributed by atoms with Crippen molar-refractivity contribution in [3.8, 4) is 0 Å². The van der Waals surface area contributed by atoms with Crippen LogP contribution in [0.1, 0.15) is 5.56 Å². The summed E-state index contributed by atoms with van der Waals surface area (Å²) in [7, 11) is 2.41. The lowest BCUT2D eigenvalue weighted by Gasteiger charge is -2.19. The summed E-state index contributed by atoms with van der Waals surface area (Å²) in [5.41, 5.74) is 0.166. The summed E-state index contributed by atoms with van der Waals surface area (Å²) >= 11 is 0. The molecule has 0 saturated heterocycles. The Kier molecular flexibility index (Phi) is 6.05. The molecule has 0 aromatic heterocycles. The summed E-state index contributed by atoms with van der Waals surface area (Å²) in [4.78, 5) is 23.8. The first kappa shape index (κ1) is 16.0. The lowest BCUT2D eigenvalue weighted by molar-refractivity contribution is -0.145. The summed E-state index contributed by atoms with van der Waals surface area (Å²) in [6, 6.07) is 3.10. The molecule has 0 N–H and O–H groups in total. The maximum Gasteiger partial charge on any atom is 0.319 e. The highest BCUT2D eigenvalue weighted by molar-refractivity contribution is 5.74. The zero-order chi connectivity index (χ0) is 15.1. The lowest BCUT2D eigenvalue weighted by atomic mass is 10.2. The molecule has 0 heterocycles. The van der Waals surface area contributed by atoms with Gasteiger partial charge in [0.25, 0.3) is 0 Å². The monoisotopic (exact) mass is 287 g/mol. The topological polar surface area (TPSA) is 55.8 Å². The number of carbonyl (C=O) groups excluding carboxylic acids is 2. The minimum absolute atomic E-state index is 0.0453. The molecule has 7 heteroatoms. The predicted octanol–water partition coefficient (Wildman–Crippen LogP) is 1.11. The van der Waals surface area contributed by atoms with Gasteiger partial charge in [0.1, 0.15) is 11.6 Å². The first-order valence-corrected chi connectivity index (χ1v) is 5.76. The van der Waals surface area contributed by atoms with Crippen LogP contribution in [0, 0.1) is 11.6 Å². The summed E-state index contributed by atoms with van der Waals surface area (Å²) in [5.74, 6) is -2.59. The van der Waals surface area contributed by atoms with Crippen molar-refractivity contribution < 1.29 is 27.8 Å². The van der Waals surface area contributed by atoms with Gasteiger partial charge in [-0.25, -0.2) is 8.78 Å². The van der Waals surface area contributed by atoms with E-state index in [9.17, 15) is 18.4 Å². The number of hydrogen-bond acceptors (Lipinski definition) is 5. The molecule has 0 atom stereocenters. The van der Waals surface area contributed by atoms with E-state index >= 15 is 0 Å². The van der Waals surface area contributed by atoms with Crippen molar-refractivity contribution >= 4 is 11.9 Å². The van der Waals surface area contributed by atoms with Crippen LogP contribution < -0.4 is 0 Å². The van der Waals surface area contributed by atoms with Crippen LogP contribution in [0.15, 0.2) is 18.2 Å². The van der Waals surface area contributed by atoms with Gasteiger partial charge in [0.15, 0.2) is 0 Å². The fraction of sp³-hybridized carbons (Fsp3) is 0.385.